The first-order valence-electron chi connectivity index (χ1n) is 2.02. The van der Waals surface area contributed by atoms with Gasteiger partial charge in [-0.15, -0.1) is 0 Å². The lowest BCUT2D eigenvalue weighted by molar-refractivity contribution is 2.07. The average molecular weight is 149 g/mol. The maximum absolute atomic E-state index is 5.62. The standard InChI is InChI=1S/C4H5ClSSi/c5-7-4-2-1-3-6-4/h1-3H,7H2. The molecule has 1 heterocycles. The zero-order valence-corrected chi connectivity index (χ0v) is 6.71. The summed E-state index contributed by atoms with van der Waals surface area (Å²) in [6.45, 7) is 0. The predicted molar refractivity (Wildman–Crippen MR) is 38.4 cm³/mol. The van der Waals surface area contributed by atoms with Crippen molar-refractivity contribution >= 4 is 35.7 Å². The molecule has 0 aliphatic heterocycles. The summed E-state index contributed by atoms with van der Waals surface area (Å²) in [5, 5.41) is 2.06. The Kier molecular flexibility index (Phi) is 1.91. The van der Waals surface area contributed by atoms with Gasteiger partial charge in [0.15, 0.2) is 8.83 Å². The molecule has 0 amide bonds. The van der Waals surface area contributed by atoms with Crippen LogP contribution in [0.2, 0.25) is 0 Å². The summed E-state index contributed by atoms with van der Waals surface area (Å²) >= 11 is 7.37. The van der Waals surface area contributed by atoms with Crippen LogP contribution >= 0.6 is 22.4 Å². The molecule has 38 valence electrons. The molecule has 0 aromatic carbocycles. The van der Waals surface area contributed by atoms with E-state index in [1.54, 1.807) is 11.3 Å². The summed E-state index contributed by atoms with van der Waals surface area (Å²) in [4.78, 5) is 0. The van der Waals surface area contributed by atoms with E-state index in [9.17, 15) is 0 Å². The van der Waals surface area contributed by atoms with Gasteiger partial charge in [0.1, 0.15) is 0 Å². The minimum absolute atomic E-state index is 0.376. The summed E-state index contributed by atoms with van der Waals surface area (Å²) < 4.78 is 1.38. The van der Waals surface area contributed by atoms with E-state index in [-0.39, 0.29) is 8.83 Å². The van der Waals surface area contributed by atoms with E-state index in [4.69, 9.17) is 11.1 Å². The Morgan fingerprint density at radius 1 is 1.71 bits per heavy atom. The van der Waals surface area contributed by atoms with Crippen LogP contribution in [0.15, 0.2) is 17.5 Å². The summed E-state index contributed by atoms with van der Waals surface area (Å²) in [6.07, 6.45) is 0. The smallest absolute Gasteiger partial charge is 0.168 e. The predicted octanol–water partition coefficient (Wildman–Crippen LogP) is 0.696. The summed E-state index contributed by atoms with van der Waals surface area (Å²) in [5.74, 6) is 0. The lowest BCUT2D eigenvalue weighted by Crippen LogP contribution is -1.98. The molecule has 1 aromatic heterocycles. The fourth-order valence-corrected chi connectivity index (χ4v) is 2.48. The first-order valence-corrected chi connectivity index (χ1v) is 5.74. The van der Waals surface area contributed by atoms with Crippen molar-refractivity contribution in [2.45, 2.75) is 0 Å². The fourth-order valence-electron chi connectivity index (χ4n) is 0.389. The number of rotatable bonds is 1. The highest BCUT2D eigenvalue weighted by Crippen LogP contribution is 1.91. The summed E-state index contributed by atoms with van der Waals surface area (Å²) in [7, 11) is -0.376. The second kappa shape index (κ2) is 2.50. The maximum Gasteiger partial charge on any atom is 0.168 e. The Balaban J connectivity index is 2.76. The molecule has 0 nitrogen and oxygen atoms in total. The third-order valence-corrected chi connectivity index (χ3v) is 4.22. The number of hydrogen-bond acceptors (Lipinski definition) is 1. The van der Waals surface area contributed by atoms with Crippen molar-refractivity contribution < 1.29 is 0 Å². The van der Waals surface area contributed by atoms with Crippen LogP contribution in [0.25, 0.3) is 0 Å². The monoisotopic (exact) mass is 148 g/mol. The molecule has 0 unspecified atom stereocenters. The van der Waals surface area contributed by atoms with Gasteiger partial charge in [0.25, 0.3) is 0 Å². The zero-order valence-electron chi connectivity index (χ0n) is 3.73. The fraction of sp³-hybridized carbons (Fsp3) is 0. The molecule has 0 aliphatic carbocycles. The van der Waals surface area contributed by atoms with E-state index in [2.05, 4.69) is 11.4 Å². The van der Waals surface area contributed by atoms with Crippen LogP contribution in [0.3, 0.4) is 0 Å². The first kappa shape index (κ1) is 5.35. The highest BCUT2D eigenvalue weighted by Gasteiger charge is 1.85. The Morgan fingerprint density at radius 2 is 2.57 bits per heavy atom. The largest absolute Gasteiger partial charge is 0.169 e. The van der Waals surface area contributed by atoms with Gasteiger partial charge < -0.3 is 0 Å². The Labute approximate surface area is 53.7 Å². The molecule has 1 aromatic rings. The van der Waals surface area contributed by atoms with Crippen LogP contribution in [-0.4, -0.2) is 8.83 Å². The van der Waals surface area contributed by atoms with Crippen molar-refractivity contribution in [3.8, 4) is 0 Å². The summed E-state index contributed by atoms with van der Waals surface area (Å²) in [6, 6.07) is 4.12. The van der Waals surface area contributed by atoms with Crippen molar-refractivity contribution in [1.82, 2.24) is 0 Å². The second-order valence-corrected chi connectivity index (χ2v) is 4.59. The molecule has 1 rings (SSSR count). The van der Waals surface area contributed by atoms with E-state index in [1.807, 2.05) is 6.07 Å². The SMILES string of the molecule is Cl[SiH2]c1cccs1. The van der Waals surface area contributed by atoms with Gasteiger partial charge in [-0.3, -0.25) is 0 Å². The minimum Gasteiger partial charge on any atom is -0.169 e. The number of thiophene rings is 1. The van der Waals surface area contributed by atoms with Crippen LogP contribution < -0.4 is 4.50 Å². The number of halogens is 1. The van der Waals surface area contributed by atoms with Crippen LogP contribution in [0.5, 0.6) is 0 Å². The molecule has 0 N–H and O–H groups in total. The van der Waals surface area contributed by atoms with Crippen molar-refractivity contribution in [3.63, 3.8) is 0 Å². The first-order chi connectivity index (χ1) is 3.43. The molecule has 0 atom stereocenters. The van der Waals surface area contributed by atoms with Crippen LogP contribution in [0.4, 0.5) is 0 Å². The van der Waals surface area contributed by atoms with Gasteiger partial charge in [-0.25, -0.2) is 0 Å². The maximum atomic E-state index is 5.62. The quantitative estimate of drug-likeness (QED) is 0.406. The number of hydrogen-bond donors (Lipinski definition) is 0. The van der Waals surface area contributed by atoms with Crippen LogP contribution in [-0.2, 0) is 0 Å². The van der Waals surface area contributed by atoms with Gasteiger partial charge in [0.2, 0.25) is 0 Å². The van der Waals surface area contributed by atoms with E-state index < -0.39 is 0 Å². The van der Waals surface area contributed by atoms with Crippen molar-refractivity contribution in [3.05, 3.63) is 17.5 Å². The third kappa shape index (κ3) is 1.30. The van der Waals surface area contributed by atoms with Crippen molar-refractivity contribution in [1.29, 1.82) is 0 Å². The van der Waals surface area contributed by atoms with E-state index in [0.29, 0.717) is 0 Å². The van der Waals surface area contributed by atoms with Gasteiger partial charge >= 0.3 is 0 Å². The van der Waals surface area contributed by atoms with Gasteiger partial charge in [0.05, 0.1) is 0 Å². The average Bonchev–Trinajstić information content (AvgIpc) is 2.14. The second-order valence-electron chi connectivity index (χ2n) is 1.21. The van der Waals surface area contributed by atoms with Crippen molar-refractivity contribution in [2.75, 3.05) is 0 Å². The van der Waals surface area contributed by atoms with E-state index in [1.165, 1.54) is 4.50 Å². The van der Waals surface area contributed by atoms with Gasteiger partial charge in [0, 0.05) is 4.50 Å². The molecule has 0 radical (unpaired) electrons. The molecule has 0 bridgehead atoms. The van der Waals surface area contributed by atoms with Gasteiger partial charge in [-0.1, -0.05) is 12.1 Å². The highest BCUT2D eigenvalue weighted by atomic mass is 35.6. The summed E-state index contributed by atoms with van der Waals surface area (Å²) in [5.41, 5.74) is 0. The highest BCUT2D eigenvalue weighted by molar-refractivity contribution is 7.26. The third-order valence-electron chi connectivity index (χ3n) is 0.712. The van der Waals surface area contributed by atoms with Gasteiger partial charge in [-0.05, 0) is 5.38 Å². The molecule has 0 aliphatic rings. The topological polar surface area (TPSA) is 0 Å². The molecule has 3 heteroatoms. The Hall–Kier alpha value is 0.207. The Bertz CT molecular complexity index is 126. The van der Waals surface area contributed by atoms with Crippen LogP contribution in [0.1, 0.15) is 0 Å². The molecular weight excluding hydrogens is 144 g/mol. The molecule has 7 heavy (non-hydrogen) atoms. The Morgan fingerprint density at radius 3 is 2.86 bits per heavy atom. The van der Waals surface area contributed by atoms with E-state index in [0.717, 1.165) is 0 Å². The lowest BCUT2D eigenvalue weighted by atomic mass is 10.7. The van der Waals surface area contributed by atoms with Crippen LogP contribution in [0, 0.1) is 0 Å². The van der Waals surface area contributed by atoms with Gasteiger partial charge in [-0.2, -0.15) is 22.4 Å². The normalized spacial score (nSPS) is 11.0. The molecular formula is C4H5ClSSi. The van der Waals surface area contributed by atoms with Crippen molar-refractivity contribution in [2.24, 2.45) is 0 Å². The molecule has 0 saturated carbocycles. The lowest BCUT2D eigenvalue weighted by Gasteiger charge is -1.75. The molecule has 0 fully saturated rings. The minimum atomic E-state index is -0.376. The zero-order chi connectivity index (χ0) is 5.11. The molecule has 0 spiro atoms. The molecule has 0 saturated heterocycles. The van der Waals surface area contributed by atoms with E-state index >= 15 is 0 Å².